The summed E-state index contributed by atoms with van der Waals surface area (Å²) in [6.45, 7) is 4.07. The summed E-state index contributed by atoms with van der Waals surface area (Å²) in [5, 5.41) is 3.31. The van der Waals surface area contributed by atoms with Crippen LogP contribution in [0.15, 0.2) is 9.59 Å². The zero-order valence-corrected chi connectivity index (χ0v) is 11.8. The maximum Gasteiger partial charge on any atom is 0.332 e. The number of aromatic nitrogens is 4. The molecule has 1 saturated heterocycles. The zero-order valence-electron chi connectivity index (χ0n) is 11.8. The molecule has 0 aliphatic carbocycles. The molecule has 1 aliphatic heterocycles. The Morgan fingerprint density at radius 3 is 2.65 bits per heavy atom. The van der Waals surface area contributed by atoms with Gasteiger partial charge < -0.3 is 10.3 Å². The van der Waals surface area contributed by atoms with E-state index >= 15 is 0 Å². The van der Waals surface area contributed by atoms with Crippen molar-refractivity contribution in [1.82, 2.24) is 24.4 Å². The molecular weight excluding hydrogens is 258 g/mol. The maximum atomic E-state index is 12.3. The summed E-state index contributed by atoms with van der Waals surface area (Å²) in [4.78, 5) is 32.0. The number of rotatable bonds is 2. The standard InChI is InChI=1S/C13H19N5O2/c1-3-18-12(19)9-11(17(2)13(18)20)16-10(15-9)8-4-6-14-7-5-8/h8,14H,3-7H2,1-2H3,(H,15,16). The lowest BCUT2D eigenvalue weighted by Gasteiger charge is -2.20. The predicted molar refractivity (Wildman–Crippen MR) is 76.1 cm³/mol. The van der Waals surface area contributed by atoms with Crippen LogP contribution in [0.25, 0.3) is 11.2 Å². The van der Waals surface area contributed by atoms with Crippen LogP contribution in [0.2, 0.25) is 0 Å². The number of fused-ring (bicyclic) bond motifs is 1. The molecule has 1 aliphatic rings. The minimum atomic E-state index is -0.312. The van der Waals surface area contributed by atoms with Gasteiger partial charge in [-0.15, -0.1) is 0 Å². The molecule has 2 aromatic rings. The molecule has 0 radical (unpaired) electrons. The Morgan fingerprint density at radius 1 is 1.30 bits per heavy atom. The van der Waals surface area contributed by atoms with E-state index < -0.39 is 0 Å². The molecule has 0 bridgehead atoms. The molecule has 1 fully saturated rings. The van der Waals surface area contributed by atoms with Gasteiger partial charge in [0.05, 0.1) is 0 Å². The van der Waals surface area contributed by atoms with Crippen molar-refractivity contribution < 1.29 is 0 Å². The molecule has 7 nitrogen and oxygen atoms in total. The molecule has 0 spiro atoms. The van der Waals surface area contributed by atoms with Crippen molar-refractivity contribution in [3.05, 3.63) is 26.7 Å². The van der Waals surface area contributed by atoms with Gasteiger partial charge in [-0.1, -0.05) is 0 Å². The van der Waals surface area contributed by atoms with Gasteiger partial charge in [0.1, 0.15) is 11.3 Å². The summed E-state index contributed by atoms with van der Waals surface area (Å²) in [6, 6.07) is 0. The fourth-order valence-corrected chi connectivity index (χ4v) is 2.83. The van der Waals surface area contributed by atoms with Gasteiger partial charge in [0.25, 0.3) is 5.56 Å². The van der Waals surface area contributed by atoms with E-state index in [9.17, 15) is 9.59 Å². The molecule has 0 atom stereocenters. The van der Waals surface area contributed by atoms with Gasteiger partial charge in [-0.05, 0) is 32.9 Å². The number of aromatic amines is 1. The van der Waals surface area contributed by atoms with Crippen molar-refractivity contribution in [3.8, 4) is 0 Å². The highest BCUT2D eigenvalue weighted by Gasteiger charge is 2.21. The molecule has 3 rings (SSSR count). The number of nitrogens with zero attached hydrogens (tertiary/aromatic N) is 3. The fourth-order valence-electron chi connectivity index (χ4n) is 2.83. The number of piperidine rings is 1. The van der Waals surface area contributed by atoms with E-state index in [0.717, 1.165) is 31.8 Å². The third-order valence-electron chi connectivity index (χ3n) is 4.04. The van der Waals surface area contributed by atoms with Gasteiger partial charge in [0.15, 0.2) is 5.65 Å². The first-order chi connectivity index (χ1) is 9.63. The smallest absolute Gasteiger partial charge is 0.332 e. The van der Waals surface area contributed by atoms with Crippen LogP contribution in [-0.2, 0) is 13.6 Å². The third-order valence-corrected chi connectivity index (χ3v) is 4.04. The summed E-state index contributed by atoms with van der Waals surface area (Å²) in [5.41, 5.74) is 0.298. The average molecular weight is 277 g/mol. The summed E-state index contributed by atoms with van der Waals surface area (Å²) in [7, 11) is 1.66. The van der Waals surface area contributed by atoms with E-state index in [1.54, 1.807) is 14.0 Å². The molecule has 3 heterocycles. The molecule has 20 heavy (non-hydrogen) atoms. The maximum absolute atomic E-state index is 12.3. The minimum absolute atomic E-state index is 0.279. The fraction of sp³-hybridized carbons (Fsp3) is 0.615. The molecule has 108 valence electrons. The van der Waals surface area contributed by atoms with Gasteiger partial charge in [-0.2, -0.15) is 0 Å². The van der Waals surface area contributed by atoms with E-state index in [4.69, 9.17) is 0 Å². The van der Waals surface area contributed by atoms with Crippen LogP contribution in [0.5, 0.6) is 0 Å². The van der Waals surface area contributed by atoms with Gasteiger partial charge in [0, 0.05) is 19.5 Å². The number of H-pyrrole nitrogens is 1. The lowest BCUT2D eigenvalue weighted by Crippen LogP contribution is -2.38. The molecule has 2 aromatic heterocycles. The van der Waals surface area contributed by atoms with Gasteiger partial charge in [-0.25, -0.2) is 9.78 Å². The van der Waals surface area contributed by atoms with Crippen molar-refractivity contribution in [2.45, 2.75) is 32.2 Å². The molecule has 0 amide bonds. The van der Waals surface area contributed by atoms with Crippen LogP contribution >= 0.6 is 0 Å². The normalized spacial score (nSPS) is 16.9. The van der Waals surface area contributed by atoms with E-state index in [2.05, 4.69) is 15.3 Å². The van der Waals surface area contributed by atoms with Gasteiger partial charge >= 0.3 is 5.69 Å². The highest BCUT2D eigenvalue weighted by molar-refractivity contribution is 5.69. The number of aryl methyl sites for hydroxylation is 1. The quantitative estimate of drug-likeness (QED) is 0.803. The lowest BCUT2D eigenvalue weighted by molar-refractivity contribution is 0.448. The number of hydrogen-bond acceptors (Lipinski definition) is 4. The summed E-state index contributed by atoms with van der Waals surface area (Å²) < 4.78 is 2.67. The molecular formula is C13H19N5O2. The topological polar surface area (TPSA) is 84.7 Å². The first-order valence-electron chi connectivity index (χ1n) is 7.03. The molecule has 7 heteroatoms. The van der Waals surface area contributed by atoms with Crippen molar-refractivity contribution in [3.63, 3.8) is 0 Å². The number of imidazole rings is 1. The van der Waals surface area contributed by atoms with Crippen LogP contribution in [0.4, 0.5) is 0 Å². The Labute approximate surface area is 115 Å². The Balaban J connectivity index is 2.20. The van der Waals surface area contributed by atoms with E-state index in [0.29, 0.717) is 23.6 Å². The number of hydrogen-bond donors (Lipinski definition) is 2. The summed E-state index contributed by atoms with van der Waals surface area (Å²) in [6.07, 6.45) is 1.99. The summed E-state index contributed by atoms with van der Waals surface area (Å²) >= 11 is 0. The second-order valence-electron chi connectivity index (χ2n) is 5.24. The molecule has 0 saturated carbocycles. The van der Waals surface area contributed by atoms with Crippen molar-refractivity contribution >= 4 is 11.2 Å². The second-order valence-corrected chi connectivity index (χ2v) is 5.24. The number of nitrogens with one attached hydrogen (secondary N) is 2. The first kappa shape index (κ1) is 13.1. The Kier molecular flexibility index (Phi) is 3.21. The van der Waals surface area contributed by atoms with Crippen molar-refractivity contribution in [2.24, 2.45) is 7.05 Å². The van der Waals surface area contributed by atoms with Crippen molar-refractivity contribution in [2.75, 3.05) is 13.1 Å². The molecule has 0 aromatic carbocycles. The lowest BCUT2D eigenvalue weighted by atomic mass is 9.98. The van der Waals surface area contributed by atoms with E-state index in [-0.39, 0.29) is 11.2 Å². The highest BCUT2D eigenvalue weighted by Crippen LogP contribution is 2.23. The van der Waals surface area contributed by atoms with E-state index in [1.165, 1.54) is 9.13 Å². The van der Waals surface area contributed by atoms with Crippen LogP contribution in [0.3, 0.4) is 0 Å². The van der Waals surface area contributed by atoms with Crippen LogP contribution in [0.1, 0.15) is 31.5 Å². The largest absolute Gasteiger partial charge is 0.336 e. The first-order valence-corrected chi connectivity index (χ1v) is 7.03. The van der Waals surface area contributed by atoms with Crippen LogP contribution in [-0.4, -0.2) is 32.2 Å². The van der Waals surface area contributed by atoms with Crippen LogP contribution < -0.4 is 16.6 Å². The molecule has 2 N–H and O–H groups in total. The second kappa shape index (κ2) is 4.90. The Hall–Kier alpha value is -1.89. The minimum Gasteiger partial charge on any atom is -0.336 e. The highest BCUT2D eigenvalue weighted by atomic mass is 16.2. The van der Waals surface area contributed by atoms with E-state index in [1.807, 2.05) is 0 Å². The van der Waals surface area contributed by atoms with Crippen molar-refractivity contribution in [1.29, 1.82) is 0 Å². The van der Waals surface area contributed by atoms with Gasteiger partial charge in [0.2, 0.25) is 0 Å². The van der Waals surface area contributed by atoms with Gasteiger partial charge in [-0.3, -0.25) is 13.9 Å². The van der Waals surface area contributed by atoms with Crippen LogP contribution in [0, 0.1) is 0 Å². The molecule has 0 unspecified atom stereocenters. The Morgan fingerprint density at radius 2 is 2.00 bits per heavy atom. The average Bonchev–Trinajstić information content (AvgIpc) is 2.92. The Bertz CT molecular complexity index is 748. The SMILES string of the molecule is CCn1c(=O)c2[nH]c(C3CCNCC3)nc2n(C)c1=O. The zero-order chi connectivity index (χ0) is 14.3. The summed E-state index contributed by atoms with van der Waals surface area (Å²) in [5.74, 6) is 1.15. The third kappa shape index (κ3) is 1.89. The monoisotopic (exact) mass is 277 g/mol. The predicted octanol–water partition coefficient (Wildman–Crippen LogP) is -0.0898.